The van der Waals surface area contributed by atoms with E-state index in [1.54, 1.807) is 29.2 Å². The first-order valence-corrected chi connectivity index (χ1v) is 9.07. The first-order chi connectivity index (χ1) is 12.7. The molecule has 5 rings (SSSR count). The van der Waals surface area contributed by atoms with E-state index in [0.717, 1.165) is 25.7 Å². The summed E-state index contributed by atoms with van der Waals surface area (Å²) < 4.78 is 14.8. The highest BCUT2D eigenvalue weighted by molar-refractivity contribution is 6.00. The van der Waals surface area contributed by atoms with E-state index in [4.69, 9.17) is 0 Å². The summed E-state index contributed by atoms with van der Waals surface area (Å²) in [6.07, 6.45) is 9.02. The molecule has 0 N–H and O–H groups in total. The lowest BCUT2D eigenvalue weighted by Gasteiger charge is -2.39. The van der Waals surface area contributed by atoms with Crippen LogP contribution in [0.25, 0.3) is 5.65 Å². The number of piperidine rings is 1. The van der Waals surface area contributed by atoms with Gasteiger partial charge in [0.2, 0.25) is 0 Å². The quantitative estimate of drug-likeness (QED) is 0.712. The van der Waals surface area contributed by atoms with Gasteiger partial charge in [-0.2, -0.15) is 5.10 Å². The van der Waals surface area contributed by atoms with Gasteiger partial charge in [0, 0.05) is 24.5 Å². The molecule has 0 spiro atoms. The molecular weight excluding hydrogens is 331 g/mol. The summed E-state index contributed by atoms with van der Waals surface area (Å²) >= 11 is 0. The summed E-state index contributed by atoms with van der Waals surface area (Å²) in [7, 11) is 0. The van der Waals surface area contributed by atoms with Crippen molar-refractivity contribution in [2.45, 2.75) is 43.7 Å². The van der Waals surface area contributed by atoms with Crippen LogP contribution < -0.4 is 0 Å². The zero-order valence-corrected chi connectivity index (χ0v) is 14.3. The molecule has 4 heterocycles. The number of carbonyl (C=O) groups excluding carboxylic acids is 1. The van der Waals surface area contributed by atoms with Crippen LogP contribution in [0.4, 0.5) is 4.39 Å². The molecular formula is C20H19FN4O. The topological polar surface area (TPSA) is 50.5 Å². The van der Waals surface area contributed by atoms with Crippen LogP contribution in [0.1, 0.15) is 47.5 Å². The monoisotopic (exact) mass is 350 g/mol. The molecule has 2 aromatic heterocycles. The van der Waals surface area contributed by atoms with Crippen molar-refractivity contribution in [2.24, 2.45) is 0 Å². The van der Waals surface area contributed by atoms with Crippen molar-refractivity contribution in [3.8, 4) is 0 Å². The second-order valence-corrected chi connectivity index (χ2v) is 7.26. The third kappa shape index (κ3) is 2.40. The van der Waals surface area contributed by atoms with Crippen molar-refractivity contribution in [3.63, 3.8) is 0 Å². The molecule has 0 unspecified atom stereocenters. The maximum absolute atomic E-state index is 13.2. The van der Waals surface area contributed by atoms with Crippen LogP contribution in [-0.2, 0) is 0 Å². The van der Waals surface area contributed by atoms with Crippen molar-refractivity contribution in [2.75, 3.05) is 0 Å². The Morgan fingerprint density at radius 1 is 1.12 bits per heavy atom. The second-order valence-electron chi connectivity index (χ2n) is 7.26. The zero-order valence-electron chi connectivity index (χ0n) is 14.3. The number of fused-ring (bicyclic) bond motifs is 3. The number of hydrogen-bond donors (Lipinski definition) is 0. The van der Waals surface area contributed by atoms with E-state index in [-0.39, 0.29) is 23.8 Å². The third-order valence-corrected chi connectivity index (χ3v) is 5.82. The van der Waals surface area contributed by atoms with Crippen LogP contribution in [0.5, 0.6) is 0 Å². The van der Waals surface area contributed by atoms with E-state index in [0.29, 0.717) is 17.1 Å². The maximum atomic E-state index is 13.2. The normalized spacial score (nSPS) is 25.0. The Morgan fingerprint density at radius 3 is 2.58 bits per heavy atom. The number of halogens is 1. The van der Waals surface area contributed by atoms with Gasteiger partial charge >= 0.3 is 0 Å². The predicted octanol–water partition coefficient (Wildman–Crippen LogP) is 3.42. The van der Waals surface area contributed by atoms with Crippen LogP contribution in [0.3, 0.4) is 0 Å². The molecule has 1 aromatic carbocycles. The van der Waals surface area contributed by atoms with E-state index in [1.807, 2.05) is 17.0 Å². The van der Waals surface area contributed by atoms with Gasteiger partial charge in [0.25, 0.3) is 5.91 Å². The molecule has 0 radical (unpaired) electrons. The van der Waals surface area contributed by atoms with E-state index >= 15 is 0 Å². The lowest BCUT2D eigenvalue weighted by molar-refractivity contribution is 0.0573. The van der Waals surface area contributed by atoms with Crippen molar-refractivity contribution in [3.05, 3.63) is 65.9 Å². The molecule has 26 heavy (non-hydrogen) atoms. The van der Waals surface area contributed by atoms with Crippen molar-refractivity contribution in [1.29, 1.82) is 0 Å². The molecule has 3 aromatic rings. The van der Waals surface area contributed by atoms with Crippen LogP contribution in [0.15, 0.2) is 48.9 Å². The molecule has 2 atom stereocenters. The van der Waals surface area contributed by atoms with Gasteiger partial charge in [-0.05, 0) is 55.4 Å². The highest BCUT2D eigenvalue weighted by atomic mass is 19.1. The van der Waals surface area contributed by atoms with Crippen molar-refractivity contribution < 1.29 is 9.18 Å². The third-order valence-electron chi connectivity index (χ3n) is 5.82. The largest absolute Gasteiger partial charge is 0.332 e. The first-order valence-electron chi connectivity index (χ1n) is 9.07. The number of rotatable bonds is 2. The summed E-state index contributed by atoms with van der Waals surface area (Å²) in [6, 6.07) is 9.08. The highest BCUT2D eigenvalue weighted by Crippen LogP contribution is 2.43. The van der Waals surface area contributed by atoms with Crippen molar-refractivity contribution in [1.82, 2.24) is 19.5 Å². The van der Waals surface area contributed by atoms with Gasteiger partial charge in [-0.25, -0.2) is 13.9 Å². The molecule has 2 saturated heterocycles. The fraction of sp³-hybridized carbons (Fsp3) is 0.350. The Labute approximate surface area is 150 Å². The minimum absolute atomic E-state index is 0.0313. The molecule has 6 heteroatoms. The molecule has 1 amide bonds. The fourth-order valence-electron chi connectivity index (χ4n) is 4.63. The Hall–Kier alpha value is -2.76. The van der Waals surface area contributed by atoms with E-state index < -0.39 is 0 Å². The minimum atomic E-state index is -0.204. The second kappa shape index (κ2) is 5.90. The van der Waals surface area contributed by atoms with E-state index in [1.165, 1.54) is 17.7 Å². The fourth-order valence-corrected chi connectivity index (χ4v) is 4.63. The molecule has 0 saturated carbocycles. The molecule has 132 valence electrons. The average Bonchev–Trinajstić information content (AvgIpc) is 3.20. The summed E-state index contributed by atoms with van der Waals surface area (Å²) in [5.41, 5.74) is 2.35. The van der Waals surface area contributed by atoms with Gasteiger partial charge in [0.05, 0.1) is 6.20 Å². The van der Waals surface area contributed by atoms with E-state index in [9.17, 15) is 9.18 Å². The molecule has 0 aliphatic carbocycles. The van der Waals surface area contributed by atoms with Gasteiger partial charge in [0.1, 0.15) is 11.4 Å². The number of hydrogen-bond acceptors (Lipinski definition) is 3. The number of benzene rings is 1. The van der Waals surface area contributed by atoms with Gasteiger partial charge in [0.15, 0.2) is 5.65 Å². The lowest BCUT2D eigenvalue weighted by atomic mass is 9.85. The summed E-state index contributed by atoms with van der Waals surface area (Å²) in [6.45, 7) is 0. The number of carbonyl (C=O) groups is 1. The molecule has 2 aliphatic heterocycles. The minimum Gasteiger partial charge on any atom is -0.332 e. The zero-order chi connectivity index (χ0) is 17.7. The Bertz CT molecular complexity index is 953. The summed E-state index contributed by atoms with van der Waals surface area (Å²) in [5.74, 6) is 0.216. The van der Waals surface area contributed by atoms with Crippen LogP contribution >= 0.6 is 0 Å². The highest BCUT2D eigenvalue weighted by Gasteiger charge is 2.44. The van der Waals surface area contributed by atoms with Gasteiger partial charge in [-0.15, -0.1) is 0 Å². The average molecular weight is 350 g/mol. The SMILES string of the molecule is O=C(c1cnn2cccnc12)N1[C@H]2CC[C@H]1CC(c1ccc(F)cc1)C2. The first kappa shape index (κ1) is 15.5. The Morgan fingerprint density at radius 2 is 1.85 bits per heavy atom. The lowest BCUT2D eigenvalue weighted by Crippen LogP contribution is -2.46. The van der Waals surface area contributed by atoms with Crippen molar-refractivity contribution >= 4 is 11.6 Å². The van der Waals surface area contributed by atoms with Gasteiger partial charge in [-0.3, -0.25) is 4.79 Å². The molecule has 2 fully saturated rings. The van der Waals surface area contributed by atoms with Crippen LogP contribution in [-0.4, -0.2) is 37.5 Å². The summed E-state index contributed by atoms with van der Waals surface area (Å²) in [5, 5.41) is 4.25. The Balaban J connectivity index is 1.42. The van der Waals surface area contributed by atoms with Gasteiger partial charge < -0.3 is 4.90 Å². The van der Waals surface area contributed by atoms with Crippen LogP contribution in [0.2, 0.25) is 0 Å². The predicted molar refractivity (Wildman–Crippen MR) is 94.3 cm³/mol. The standard InChI is InChI=1S/C20H19FN4O/c21-15-4-2-13(3-5-15)14-10-16-6-7-17(11-14)25(16)20(26)18-12-23-24-9-1-8-22-19(18)24/h1-5,8-9,12,14,16-17H,6-7,10-11H2/t16-,17-/m0/s1. The van der Waals surface area contributed by atoms with Crippen LogP contribution in [0, 0.1) is 5.82 Å². The molecule has 2 aliphatic rings. The molecule has 2 bridgehead atoms. The molecule has 5 nitrogen and oxygen atoms in total. The Kier molecular flexibility index (Phi) is 3.51. The number of amides is 1. The van der Waals surface area contributed by atoms with E-state index in [2.05, 4.69) is 10.1 Å². The number of nitrogens with zero attached hydrogens (tertiary/aromatic N) is 4. The smallest absolute Gasteiger partial charge is 0.259 e. The number of aromatic nitrogens is 3. The van der Waals surface area contributed by atoms with Gasteiger partial charge in [-0.1, -0.05) is 12.1 Å². The maximum Gasteiger partial charge on any atom is 0.259 e. The summed E-state index contributed by atoms with van der Waals surface area (Å²) in [4.78, 5) is 19.6.